The molecule has 7 heteroatoms. The van der Waals surface area contributed by atoms with Crippen LogP contribution in [0, 0.1) is 18.3 Å². The number of nitriles is 1. The predicted octanol–water partition coefficient (Wildman–Crippen LogP) is 2.57. The second-order valence-corrected chi connectivity index (χ2v) is 6.12. The Bertz CT molecular complexity index is 889. The quantitative estimate of drug-likeness (QED) is 0.695. The summed E-state index contributed by atoms with van der Waals surface area (Å²) in [5, 5.41) is 10.7. The zero-order valence-electron chi connectivity index (χ0n) is 12.7. The van der Waals surface area contributed by atoms with E-state index in [0.717, 1.165) is 11.5 Å². The lowest BCUT2D eigenvalue weighted by Crippen LogP contribution is -2.26. The largest absolute Gasteiger partial charge is 0.468 e. The Labute approximate surface area is 137 Å². The number of hydrogen-bond acceptors (Lipinski definition) is 6. The molecule has 118 valence electrons. The molecule has 0 aromatic carbocycles. The Kier molecular flexibility index (Phi) is 4.55. The topological polar surface area (TPSA) is 74.5 Å². The molecule has 0 saturated carbocycles. The molecule has 0 unspecified atom stereocenters. The van der Waals surface area contributed by atoms with Crippen molar-refractivity contribution in [1.82, 2.24) is 14.3 Å². The molecule has 0 aliphatic carbocycles. The number of aryl methyl sites for hydroxylation is 1. The zero-order chi connectivity index (χ0) is 16.2. The van der Waals surface area contributed by atoms with E-state index in [1.54, 1.807) is 16.7 Å². The number of fused-ring (bicyclic) bond motifs is 1. The van der Waals surface area contributed by atoms with Gasteiger partial charge in [0.2, 0.25) is 0 Å². The highest BCUT2D eigenvalue weighted by Gasteiger charge is 2.12. The highest BCUT2D eigenvalue weighted by Crippen LogP contribution is 2.14. The molecular formula is C16H16N4O2S. The van der Waals surface area contributed by atoms with Crippen LogP contribution < -0.4 is 5.56 Å². The maximum absolute atomic E-state index is 12.2. The monoisotopic (exact) mass is 328 g/mol. The lowest BCUT2D eigenvalue weighted by molar-refractivity contribution is 0.238. The van der Waals surface area contributed by atoms with Gasteiger partial charge in [0.25, 0.3) is 5.56 Å². The molecule has 0 spiro atoms. The standard InChI is InChI=1S/C16H16N4O2S/c1-12-11-23-16-18-13(8-15(21)20(12)16)9-19(6-3-5-17)10-14-4-2-7-22-14/h2,4,7-8,11H,3,6,9-10H2,1H3. The molecule has 3 aromatic rings. The molecule has 0 amide bonds. The minimum Gasteiger partial charge on any atom is -0.468 e. The number of aromatic nitrogens is 2. The fourth-order valence-corrected chi connectivity index (χ4v) is 3.35. The number of thiazole rings is 1. The summed E-state index contributed by atoms with van der Waals surface area (Å²) < 4.78 is 6.98. The van der Waals surface area contributed by atoms with Crippen LogP contribution >= 0.6 is 11.3 Å². The lowest BCUT2D eigenvalue weighted by Gasteiger charge is -2.19. The summed E-state index contributed by atoms with van der Waals surface area (Å²) in [5.41, 5.74) is 1.54. The number of nitrogens with zero attached hydrogens (tertiary/aromatic N) is 4. The molecule has 0 fully saturated rings. The molecule has 0 atom stereocenters. The van der Waals surface area contributed by atoms with Gasteiger partial charge in [-0.25, -0.2) is 4.98 Å². The van der Waals surface area contributed by atoms with Gasteiger partial charge in [-0.1, -0.05) is 0 Å². The van der Waals surface area contributed by atoms with Crippen LogP contribution in [0.25, 0.3) is 4.96 Å². The first kappa shape index (κ1) is 15.5. The summed E-state index contributed by atoms with van der Waals surface area (Å²) in [4.78, 5) is 19.5. The third kappa shape index (κ3) is 3.50. The smallest absolute Gasteiger partial charge is 0.259 e. The van der Waals surface area contributed by atoms with Gasteiger partial charge in [0.05, 0.1) is 24.6 Å². The summed E-state index contributed by atoms with van der Waals surface area (Å²) in [6.45, 7) is 3.58. The SMILES string of the molecule is Cc1csc2nc(CN(CCC#N)Cc3ccco3)cc(=O)n12. The summed E-state index contributed by atoms with van der Waals surface area (Å²) in [6, 6.07) is 7.45. The third-order valence-corrected chi connectivity index (χ3v) is 4.46. The van der Waals surface area contributed by atoms with E-state index in [2.05, 4.69) is 16.0 Å². The molecule has 0 aliphatic heterocycles. The van der Waals surface area contributed by atoms with Crippen LogP contribution in [-0.4, -0.2) is 20.8 Å². The van der Waals surface area contributed by atoms with Gasteiger partial charge in [-0.05, 0) is 19.1 Å². The first-order chi connectivity index (χ1) is 11.2. The molecule has 23 heavy (non-hydrogen) atoms. The van der Waals surface area contributed by atoms with Gasteiger partial charge in [-0.3, -0.25) is 14.1 Å². The molecule has 0 radical (unpaired) electrons. The zero-order valence-corrected chi connectivity index (χ0v) is 13.5. The van der Waals surface area contributed by atoms with Crippen LogP contribution in [0.15, 0.2) is 39.1 Å². The van der Waals surface area contributed by atoms with E-state index in [1.165, 1.54) is 11.3 Å². The van der Waals surface area contributed by atoms with Crippen molar-refractivity contribution in [1.29, 1.82) is 5.26 Å². The second kappa shape index (κ2) is 6.77. The van der Waals surface area contributed by atoms with E-state index in [1.807, 2.05) is 24.4 Å². The van der Waals surface area contributed by atoms with Crippen LogP contribution in [-0.2, 0) is 13.1 Å². The van der Waals surface area contributed by atoms with E-state index in [4.69, 9.17) is 9.68 Å². The Morgan fingerprint density at radius 1 is 1.48 bits per heavy atom. The molecule has 3 heterocycles. The maximum atomic E-state index is 12.2. The highest BCUT2D eigenvalue weighted by atomic mass is 32.1. The van der Waals surface area contributed by atoms with Crippen LogP contribution in [0.3, 0.4) is 0 Å². The molecular weight excluding hydrogens is 312 g/mol. The van der Waals surface area contributed by atoms with Crippen LogP contribution in [0.1, 0.15) is 23.6 Å². The summed E-state index contributed by atoms with van der Waals surface area (Å²) in [5.74, 6) is 0.827. The maximum Gasteiger partial charge on any atom is 0.259 e. The minimum atomic E-state index is -0.0676. The minimum absolute atomic E-state index is 0.0676. The van der Waals surface area contributed by atoms with E-state index >= 15 is 0 Å². The summed E-state index contributed by atoms with van der Waals surface area (Å²) in [6.07, 6.45) is 2.04. The van der Waals surface area contributed by atoms with Crippen molar-refractivity contribution in [3.05, 3.63) is 57.3 Å². The molecule has 0 aliphatic rings. The second-order valence-electron chi connectivity index (χ2n) is 5.28. The predicted molar refractivity (Wildman–Crippen MR) is 87.1 cm³/mol. The van der Waals surface area contributed by atoms with Crippen molar-refractivity contribution in [2.45, 2.75) is 26.4 Å². The van der Waals surface area contributed by atoms with Gasteiger partial charge in [0.1, 0.15) is 5.76 Å². The molecule has 6 nitrogen and oxygen atoms in total. The number of hydrogen-bond donors (Lipinski definition) is 0. The van der Waals surface area contributed by atoms with E-state index in [-0.39, 0.29) is 5.56 Å². The van der Waals surface area contributed by atoms with Crippen LogP contribution in [0.2, 0.25) is 0 Å². The van der Waals surface area contributed by atoms with Gasteiger partial charge in [0, 0.05) is 36.7 Å². The first-order valence-corrected chi connectivity index (χ1v) is 8.14. The van der Waals surface area contributed by atoms with Crippen LogP contribution in [0.5, 0.6) is 0 Å². The van der Waals surface area contributed by atoms with Crippen molar-refractivity contribution in [3.63, 3.8) is 0 Å². The Hall–Kier alpha value is -2.43. The van der Waals surface area contributed by atoms with Crippen molar-refractivity contribution < 1.29 is 4.42 Å². The third-order valence-electron chi connectivity index (χ3n) is 3.51. The summed E-state index contributed by atoms with van der Waals surface area (Å²) in [7, 11) is 0. The van der Waals surface area contributed by atoms with Crippen LogP contribution in [0.4, 0.5) is 0 Å². The van der Waals surface area contributed by atoms with Gasteiger partial charge in [-0.2, -0.15) is 5.26 Å². The first-order valence-electron chi connectivity index (χ1n) is 7.26. The molecule has 3 rings (SSSR count). The van der Waals surface area contributed by atoms with Crippen molar-refractivity contribution in [3.8, 4) is 6.07 Å². The number of rotatable bonds is 6. The average Bonchev–Trinajstić information content (AvgIpc) is 3.15. The number of furan rings is 1. The Morgan fingerprint density at radius 2 is 2.35 bits per heavy atom. The molecule has 0 N–H and O–H groups in total. The average molecular weight is 328 g/mol. The molecule has 3 aromatic heterocycles. The van der Waals surface area contributed by atoms with Crippen molar-refractivity contribution in [2.24, 2.45) is 0 Å². The highest BCUT2D eigenvalue weighted by molar-refractivity contribution is 7.15. The van der Waals surface area contributed by atoms with E-state index in [0.29, 0.717) is 36.7 Å². The molecule has 0 saturated heterocycles. The lowest BCUT2D eigenvalue weighted by atomic mass is 10.3. The fourth-order valence-electron chi connectivity index (χ4n) is 2.46. The Balaban J connectivity index is 1.84. The fraction of sp³-hybridized carbons (Fsp3) is 0.312. The van der Waals surface area contributed by atoms with Gasteiger partial charge in [-0.15, -0.1) is 11.3 Å². The summed E-state index contributed by atoms with van der Waals surface area (Å²) >= 11 is 1.46. The van der Waals surface area contributed by atoms with Crippen molar-refractivity contribution in [2.75, 3.05) is 6.54 Å². The van der Waals surface area contributed by atoms with E-state index in [9.17, 15) is 4.79 Å². The van der Waals surface area contributed by atoms with Gasteiger partial charge >= 0.3 is 0 Å². The van der Waals surface area contributed by atoms with Crippen molar-refractivity contribution >= 4 is 16.3 Å². The van der Waals surface area contributed by atoms with Gasteiger partial charge in [0.15, 0.2) is 4.96 Å². The Morgan fingerprint density at radius 3 is 3.09 bits per heavy atom. The van der Waals surface area contributed by atoms with Gasteiger partial charge < -0.3 is 4.42 Å². The van der Waals surface area contributed by atoms with E-state index < -0.39 is 0 Å². The normalized spacial score (nSPS) is 11.2. The molecule has 0 bridgehead atoms.